The van der Waals surface area contributed by atoms with Crippen molar-refractivity contribution in [2.24, 2.45) is 16.8 Å². The predicted molar refractivity (Wildman–Crippen MR) is 88.3 cm³/mol. The molecule has 1 rings (SSSR count). The number of rotatable bonds is 7. The van der Waals surface area contributed by atoms with Gasteiger partial charge in [-0.1, -0.05) is 26.7 Å². The van der Waals surface area contributed by atoms with E-state index in [-0.39, 0.29) is 0 Å². The van der Waals surface area contributed by atoms with Crippen molar-refractivity contribution in [3.8, 4) is 0 Å². The molecule has 0 aromatic carbocycles. The van der Waals surface area contributed by atoms with Gasteiger partial charge < -0.3 is 15.5 Å². The van der Waals surface area contributed by atoms with E-state index in [1.165, 1.54) is 38.8 Å². The number of nitrogens with zero attached hydrogens (tertiary/aromatic N) is 2. The number of aliphatic imine (C=N–C) groups is 1. The average molecular weight is 282 g/mol. The standard InChI is InChI=1S/C16H34N4/c1-13(2)7-6-8-14(3)19-16(17-4)18-11-15-9-10-20(5)12-15/h13-15H,6-12H2,1-5H3,(H2,17,18,19). The van der Waals surface area contributed by atoms with Gasteiger partial charge in [-0.25, -0.2) is 0 Å². The van der Waals surface area contributed by atoms with E-state index >= 15 is 0 Å². The van der Waals surface area contributed by atoms with Crippen LogP contribution in [0.3, 0.4) is 0 Å². The molecule has 0 spiro atoms. The van der Waals surface area contributed by atoms with Gasteiger partial charge in [0.05, 0.1) is 0 Å². The van der Waals surface area contributed by atoms with Crippen molar-refractivity contribution >= 4 is 5.96 Å². The monoisotopic (exact) mass is 282 g/mol. The molecule has 0 saturated carbocycles. The summed E-state index contributed by atoms with van der Waals surface area (Å²) >= 11 is 0. The molecule has 0 aromatic heterocycles. The summed E-state index contributed by atoms with van der Waals surface area (Å²) in [6, 6.07) is 0.492. The Balaban J connectivity index is 2.18. The van der Waals surface area contributed by atoms with Crippen LogP contribution < -0.4 is 10.6 Å². The molecular formula is C16H34N4. The van der Waals surface area contributed by atoms with E-state index < -0.39 is 0 Å². The lowest BCUT2D eigenvalue weighted by molar-refractivity contribution is 0.393. The molecule has 1 aliphatic heterocycles. The van der Waals surface area contributed by atoms with Crippen molar-refractivity contribution in [1.82, 2.24) is 15.5 Å². The highest BCUT2D eigenvalue weighted by atomic mass is 15.2. The quantitative estimate of drug-likeness (QED) is 0.556. The van der Waals surface area contributed by atoms with E-state index in [1.807, 2.05) is 7.05 Å². The molecule has 2 atom stereocenters. The van der Waals surface area contributed by atoms with Crippen molar-refractivity contribution in [3.63, 3.8) is 0 Å². The first-order valence-electron chi connectivity index (χ1n) is 8.17. The van der Waals surface area contributed by atoms with E-state index in [9.17, 15) is 0 Å². The molecule has 0 aliphatic carbocycles. The van der Waals surface area contributed by atoms with Crippen LogP contribution in [0.25, 0.3) is 0 Å². The fourth-order valence-electron chi connectivity index (χ4n) is 2.77. The number of likely N-dealkylation sites (tertiary alicyclic amines) is 1. The number of guanidine groups is 1. The Labute approximate surface area is 125 Å². The van der Waals surface area contributed by atoms with Crippen molar-refractivity contribution in [1.29, 1.82) is 0 Å². The van der Waals surface area contributed by atoms with Gasteiger partial charge in [0.25, 0.3) is 0 Å². The lowest BCUT2D eigenvalue weighted by Gasteiger charge is -2.20. The van der Waals surface area contributed by atoms with Crippen LogP contribution in [0, 0.1) is 11.8 Å². The van der Waals surface area contributed by atoms with Crippen LogP contribution in [0.4, 0.5) is 0 Å². The highest BCUT2D eigenvalue weighted by molar-refractivity contribution is 5.79. The van der Waals surface area contributed by atoms with Crippen molar-refractivity contribution < 1.29 is 0 Å². The third-order valence-corrected chi connectivity index (χ3v) is 4.07. The smallest absolute Gasteiger partial charge is 0.191 e. The Morgan fingerprint density at radius 1 is 1.30 bits per heavy atom. The van der Waals surface area contributed by atoms with Gasteiger partial charge in [0, 0.05) is 26.2 Å². The highest BCUT2D eigenvalue weighted by Gasteiger charge is 2.19. The SMILES string of the molecule is CN=C(NCC1CCN(C)C1)NC(C)CCCC(C)C. The van der Waals surface area contributed by atoms with E-state index in [4.69, 9.17) is 0 Å². The molecule has 2 N–H and O–H groups in total. The third-order valence-electron chi connectivity index (χ3n) is 4.07. The van der Waals surface area contributed by atoms with Crippen molar-refractivity contribution in [2.75, 3.05) is 33.7 Å². The minimum atomic E-state index is 0.492. The van der Waals surface area contributed by atoms with Gasteiger partial charge in [-0.2, -0.15) is 0 Å². The summed E-state index contributed by atoms with van der Waals surface area (Å²) < 4.78 is 0. The van der Waals surface area contributed by atoms with Crippen molar-refractivity contribution in [2.45, 2.75) is 52.5 Å². The molecule has 0 bridgehead atoms. The van der Waals surface area contributed by atoms with Gasteiger partial charge in [-0.3, -0.25) is 4.99 Å². The summed E-state index contributed by atoms with van der Waals surface area (Å²) in [7, 11) is 4.06. The minimum absolute atomic E-state index is 0.492. The molecule has 2 unspecified atom stereocenters. The first-order valence-corrected chi connectivity index (χ1v) is 8.17. The number of nitrogens with one attached hydrogen (secondary N) is 2. The zero-order chi connectivity index (χ0) is 15.0. The van der Waals surface area contributed by atoms with Crippen LogP contribution in [-0.4, -0.2) is 50.6 Å². The van der Waals surface area contributed by atoms with E-state index in [2.05, 4.69) is 48.3 Å². The molecular weight excluding hydrogens is 248 g/mol. The van der Waals surface area contributed by atoms with Crippen molar-refractivity contribution in [3.05, 3.63) is 0 Å². The molecule has 118 valence electrons. The summed E-state index contributed by atoms with van der Waals surface area (Å²) in [5.74, 6) is 2.52. The lowest BCUT2D eigenvalue weighted by Crippen LogP contribution is -2.44. The summed E-state index contributed by atoms with van der Waals surface area (Å²) in [5.41, 5.74) is 0. The molecule has 0 aromatic rings. The Hall–Kier alpha value is -0.770. The number of hydrogen-bond acceptors (Lipinski definition) is 2. The van der Waals surface area contributed by atoms with Gasteiger partial charge in [-0.15, -0.1) is 0 Å². The van der Waals surface area contributed by atoms with Gasteiger partial charge in [0.15, 0.2) is 5.96 Å². The Morgan fingerprint density at radius 2 is 2.05 bits per heavy atom. The van der Waals surface area contributed by atoms with Crippen LogP contribution in [0.5, 0.6) is 0 Å². The second-order valence-electron chi connectivity index (χ2n) is 6.74. The Bertz CT molecular complexity index is 288. The molecule has 4 heteroatoms. The van der Waals surface area contributed by atoms with Gasteiger partial charge in [-0.05, 0) is 45.2 Å². The predicted octanol–water partition coefficient (Wildman–Crippen LogP) is 2.32. The van der Waals surface area contributed by atoms with Gasteiger partial charge in [0.1, 0.15) is 0 Å². The van der Waals surface area contributed by atoms with Crippen LogP contribution in [0.2, 0.25) is 0 Å². The Kier molecular flexibility index (Phi) is 7.97. The summed E-state index contributed by atoms with van der Waals surface area (Å²) in [5, 5.41) is 6.98. The van der Waals surface area contributed by atoms with Crippen LogP contribution in [0.15, 0.2) is 4.99 Å². The van der Waals surface area contributed by atoms with E-state index in [0.29, 0.717) is 6.04 Å². The topological polar surface area (TPSA) is 39.7 Å². The minimum Gasteiger partial charge on any atom is -0.356 e. The van der Waals surface area contributed by atoms with E-state index in [0.717, 1.165) is 24.3 Å². The molecule has 4 nitrogen and oxygen atoms in total. The van der Waals surface area contributed by atoms with E-state index in [1.54, 1.807) is 0 Å². The van der Waals surface area contributed by atoms with Crippen LogP contribution in [-0.2, 0) is 0 Å². The first kappa shape index (κ1) is 17.3. The molecule has 1 heterocycles. The average Bonchev–Trinajstić information content (AvgIpc) is 2.79. The van der Waals surface area contributed by atoms with Gasteiger partial charge in [0.2, 0.25) is 0 Å². The number of hydrogen-bond donors (Lipinski definition) is 2. The zero-order valence-electron chi connectivity index (χ0n) is 14.1. The second kappa shape index (κ2) is 9.22. The van der Waals surface area contributed by atoms with Crippen LogP contribution in [0.1, 0.15) is 46.5 Å². The normalized spacial score (nSPS) is 22.3. The highest BCUT2D eigenvalue weighted by Crippen LogP contribution is 2.12. The van der Waals surface area contributed by atoms with Crippen LogP contribution >= 0.6 is 0 Å². The molecule has 20 heavy (non-hydrogen) atoms. The molecule has 1 fully saturated rings. The first-order chi connectivity index (χ1) is 9.51. The maximum atomic E-state index is 4.33. The largest absolute Gasteiger partial charge is 0.356 e. The fourth-order valence-corrected chi connectivity index (χ4v) is 2.77. The third kappa shape index (κ3) is 7.13. The molecule has 1 aliphatic rings. The summed E-state index contributed by atoms with van der Waals surface area (Å²) in [4.78, 5) is 6.73. The lowest BCUT2D eigenvalue weighted by atomic mass is 10.0. The maximum Gasteiger partial charge on any atom is 0.191 e. The zero-order valence-corrected chi connectivity index (χ0v) is 14.1. The molecule has 0 amide bonds. The summed E-state index contributed by atoms with van der Waals surface area (Å²) in [6.07, 6.45) is 5.11. The maximum absolute atomic E-state index is 4.33. The Morgan fingerprint density at radius 3 is 2.60 bits per heavy atom. The molecule has 1 saturated heterocycles. The molecule has 0 radical (unpaired) electrons. The second-order valence-corrected chi connectivity index (χ2v) is 6.74. The van der Waals surface area contributed by atoms with Gasteiger partial charge >= 0.3 is 0 Å². The summed E-state index contributed by atoms with van der Waals surface area (Å²) in [6.45, 7) is 10.3. The fraction of sp³-hybridized carbons (Fsp3) is 0.938.